The van der Waals surface area contributed by atoms with Gasteiger partial charge in [0.2, 0.25) is 0 Å². The van der Waals surface area contributed by atoms with Gasteiger partial charge in [-0.25, -0.2) is 5.43 Å². The molecule has 0 saturated heterocycles. The molecule has 26 heavy (non-hydrogen) atoms. The van der Waals surface area contributed by atoms with Gasteiger partial charge in [-0.15, -0.1) is 0 Å². The highest BCUT2D eigenvalue weighted by Gasteiger charge is 2.17. The van der Waals surface area contributed by atoms with E-state index in [0.717, 1.165) is 5.56 Å². The van der Waals surface area contributed by atoms with Crippen LogP contribution >= 0.6 is 0 Å². The lowest BCUT2D eigenvalue weighted by molar-refractivity contribution is -0.401. The van der Waals surface area contributed by atoms with Crippen LogP contribution in [0.1, 0.15) is 21.5 Å². The summed E-state index contributed by atoms with van der Waals surface area (Å²) in [5.74, 6) is -0.469. The molecule has 0 aliphatic carbocycles. The summed E-state index contributed by atoms with van der Waals surface area (Å²) >= 11 is 0. The van der Waals surface area contributed by atoms with Crippen LogP contribution in [0.3, 0.4) is 0 Å². The van der Waals surface area contributed by atoms with Gasteiger partial charge in [0.25, 0.3) is 5.91 Å². The van der Waals surface area contributed by atoms with Gasteiger partial charge in [0.05, 0.1) is 12.3 Å². The molecule has 3 rings (SSSR count). The Balaban J connectivity index is 1.80. The van der Waals surface area contributed by atoms with Crippen LogP contribution in [0.2, 0.25) is 0 Å². The molecule has 2 aromatic heterocycles. The Labute approximate surface area is 148 Å². The highest BCUT2D eigenvalue weighted by atomic mass is 16.6. The maximum atomic E-state index is 12.2. The van der Waals surface area contributed by atoms with Crippen molar-refractivity contribution in [1.82, 2.24) is 15.2 Å². The first-order chi connectivity index (χ1) is 12.5. The van der Waals surface area contributed by atoms with Crippen molar-refractivity contribution in [1.29, 1.82) is 0 Å². The summed E-state index contributed by atoms with van der Waals surface area (Å²) in [5, 5.41) is 18.9. The highest BCUT2D eigenvalue weighted by Crippen LogP contribution is 2.26. The molecule has 2 heterocycles. The summed E-state index contributed by atoms with van der Waals surface area (Å²) in [6.45, 7) is 1.83. The molecule has 0 bridgehead atoms. The summed E-state index contributed by atoms with van der Waals surface area (Å²) in [5.41, 5.74) is 4.75. The summed E-state index contributed by atoms with van der Waals surface area (Å²) in [6.07, 6.45) is 3.07. The fraction of sp³-hybridized carbons (Fsp3) is 0.118. The van der Waals surface area contributed by atoms with E-state index < -0.39 is 4.92 Å². The largest absolute Gasteiger partial charge is 0.433 e. The number of aryl methyl sites for hydroxylation is 2. The molecule has 1 aromatic carbocycles. The lowest BCUT2D eigenvalue weighted by atomic mass is 10.1. The number of nitrogens with one attached hydrogen (secondary N) is 1. The molecule has 132 valence electrons. The van der Waals surface area contributed by atoms with Crippen LogP contribution in [0.5, 0.6) is 0 Å². The van der Waals surface area contributed by atoms with Crippen molar-refractivity contribution in [2.24, 2.45) is 12.1 Å². The molecule has 9 nitrogen and oxygen atoms in total. The molecule has 9 heteroatoms. The second-order valence-corrected chi connectivity index (χ2v) is 5.52. The molecular weight excluding hydrogens is 338 g/mol. The molecule has 0 spiro atoms. The summed E-state index contributed by atoms with van der Waals surface area (Å²) in [4.78, 5) is 22.3. The van der Waals surface area contributed by atoms with Crippen LogP contribution in [0.25, 0.3) is 11.5 Å². The van der Waals surface area contributed by atoms with Gasteiger partial charge < -0.3 is 4.42 Å². The van der Waals surface area contributed by atoms with Gasteiger partial charge in [0, 0.05) is 24.4 Å². The normalized spacial score (nSPS) is 11.0. The van der Waals surface area contributed by atoms with Crippen LogP contribution in [-0.2, 0) is 7.05 Å². The molecule has 1 N–H and O–H groups in total. The summed E-state index contributed by atoms with van der Waals surface area (Å²) < 4.78 is 6.70. The smallest absolute Gasteiger partial charge is 0.399 e. The minimum atomic E-state index is -0.622. The van der Waals surface area contributed by atoms with E-state index >= 15 is 0 Å². The van der Waals surface area contributed by atoms with Crippen LogP contribution in [0.4, 0.5) is 5.88 Å². The van der Waals surface area contributed by atoms with Crippen LogP contribution in [-0.4, -0.2) is 26.8 Å². The third kappa shape index (κ3) is 3.51. The number of nitro groups is 1. The predicted molar refractivity (Wildman–Crippen MR) is 93.8 cm³/mol. The number of carbonyl (C=O) groups excluding carboxylic acids is 1. The monoisotopic (exact) mass is 353 g/mol. The van der Waals surface area contributed by atoms with E-state index in [2.05, 4.69) is 15.6 Å². The van der Waals surface area contributed by atoms with Crippen molar-refractivity contribution < 1.29 is 14.1 Å². The minimum absolute atomic E-state index is 0.240. The van der Waals surface area contributed by atoms with Gasteiger partial charge in [-0.1, -0.05) is 18.2 Å². The van der Waals surface area contributed by atoms with Crippen LogP contribution in [0, 0.1) is 17.0 Å². The Bertz CT molecular complexity index is 1000. The standard InChI is InChI=1S/C17H15N5O4/c1-11-5-3-4-6-13(11)17(23)19-18-9-12-10-21(2)20-16(12)14-7-8-15(26-14)22(24)25/h3-10H,1-2H3,(H,19,23)/b18-9+. The zero-order chi connectivity index (χ0) is 18.7. The Morgan fingerprint density at radius 2 is 2.12 bits per heavy atom. The van der Waals surface area contributed by atoms with Crippen molar-refractivity contribution in [3.05, 3.63) is 69.4 Å². The zero-order valence-corrected chi connectivity index (χ0v) is 14.0. The fourth-order valence-corrected chi connectivity index (χ4v) is 2.39. The number of hydrogen-bond acceptors (Lipinski definition) is 6. The Morgan fingerprint density at radius 3 is 2.81 bits per heavy atom. The van der Waals surface area contributed by atoms with E-state index in [1.54, 1.807) is 25.4 Å². The number of nitrogens with zero attached hydrogens (tertiary/aromatic N) is 4. The maximum Gasteiger partial charge on any atom is 0.433 e. The second kappa shape index (κ2) is 7.01. The summed E-state index contributed by atoms with van der Waals surface area (Å²) in [6, 6.07) is 9.88. The van der Waals surface area contributed by atoms with E-state index in [-0.39, 0.29) is 17.6 Å². The first kappa shape index (κ1) is 17.1. The van der Waals surface area contributed by atoms with Gasteiger partial charge >= 0.3 is 5.88 Å². The van der Waals surface area contributed by atoms with E-state index in [4.69, 9.17) is 4.42 Å². The van der Waals surface area contributed by atoms with Crippen molar-refractivity contribution in [2.75, 3.05) is 0 Å². The average molecular weight is 353 g/mol. The number of carbonyl (C=O) groups is 1. The molecule has 0 unspecified atom stereocenters. The topological polar surface area (TPSA) is 116 Å². The third-order valence-corrected chi connectivity index (χ3v) is 3.62. The third-order valence-electron chi connectivity index (χ3n) is 3.62. The molecular formula is C17H15N5O4. The van der Waals surface area contributed by atoms with E-state index in [0.29, 0.717) is 16.8 Å². The number of benzene rings is 1. The SMILES string of the molecule is Cc1ccccc1C(=O)N/N=C/c1cn(C)nc1-c1ccc([N+](=O)[O-])o1. The highest BCUT2D eigenvalue weighted by molar-refractivity contribution is 5.96. The fourth-order valence-electron chi connectivity index (χ4n) is 2.39. The first-order valence-electron chi connectivity index (χ1n) is 7.63. The minimum Gasteiger partial charge on any atom is -0.399 e. The van der Waals surface area contributed by atoms with Crippen molar-refractivity contribution in [3.63, 3.8) is 0 Å². The van der Waals surface area contributed by atoms with E-state index in [9.17, 15) is 14.9 Å². The Morgan fingerprint density at radius 1 is 1.35 bits per heavy atom. The Kier molecular flexibility index (Phi) is 4.61. The van der Waals surface area contributed by atoms with Gasteiger partial charge in [-0.2, -0.15) is 10.2 Å². The Hall–Kier alpha value is -3.75. The molecule has 0 radical (unpaired) electrons. The van der Waals surface area contributed by atoms with Gasteiger partial charge in [-0.3, -0.25) is 19.6 Å². The van der Waals surface area contributed by atoms with Crippen molar-refractivity contribution in [3.8, 4) is 11.5 Å². The number of rotatable bonds is 5. The molecule has 0 atom stereocenters. The molecule has 0 fully saturated rings. The number of furan rings is 1. The number of amides is 1. The van der Waals surface area contributed by atoms with Crippen molar-refractivity contribution >= 4 is 18.0 Å². The second-order valence-electron chi connectivity index (χ2n) is 5.52. The number of hydrazone groups is 1. The predicted octanol–water partition coefficient (Wildman–Crippen LogP) is 2.66. The van der Waals surface area contributed by atoms with Gasteiger partial charge in [-0.05, 0) is 24.6 Å². The molecule has 0 aliphatic heterocycles. The lowest BCUT2D eigenvalue weighted by Gasteiger charge is -2.02. The summed E-state index contributed by atoms with van der Waals surface area (Å²) in [7, 11) is 1.70. The van der Waals surface area contributed by atoms with Gasteiger partial charge in [0.15, 0.2) is 5.76 Å². The lowest BCUT2D eigenvalue weighted by Crippen LogP contribution is -2.18. The van der Waals surface area contributed by atoms with E-state index in [1.807, 2.05) is 19.1 Å². The molecule has 1 amide bonds. The average Bonchev–Trinajstić information content (AvgIpc) is 3.22. The number of hydrogen-bond donors (Lipinski definition) is 1. The van der Waals surface area contributed by atoms with Crippen LogP contribution < -0.4 is 5.43 Å². The quantitative estimate of drug-likeness (QED) is 0.430. The van der Waals surface area contributed by atoms with E-state index in [1.165, 1.54) is 23.0 Å². The van der Waals surface area contributed by atoms with Crippen molar-refractivity contribution in [2.45, 2.75) is 6.92 Å². The van der Waals surface area contributed by atoms with Crippen LogP contribution in [0.15, 0.2) is 52.1 Å². The molecule has 0 aliphatic rings. The maximum absolute atomic E-state index is 12.2. The molecule has 0 saturated carbocycles. The number of aromatic nitrogens is 2. The first-order valence-corrected chi connectivity index (χ1v) is 7.63. The molecule has 3 aromatic rings. The van der Waals surface area contributed by atoms with Gasteiger partial charge in [0.1, 0.15) is 10.6 Å². The zero-order valence-electron chi connectivity index (χ0n) is 14.0.